The van der Waals surface area contributed by atoms with Gasteiger partial charge in [0.25, 0.3) is 0 Å². The maximum Gasteiger partial charge on any atom is 0.325 e. The Kier molecular flexibility index (Phi) is 4.75. The standard InChI is InChI=1S/C12H12ClN3O3S/c1-2-19-10(18)7-14-9(17)4-3-8-11(13)15-12-16(8)5-6-20-12/h3-6H,2,7H2,1H3,(H,14,17)/b4-3+. The zero-order valence-corrected chi connectivity index (χ0v) is 12.2. The minimum Gasteiger partial charge on any atom is -0.465 e. The van der Waals surface area contributed by atoms with Crippen molar-refractivity contribution in [2.24, 2.45) is 0 Å². The highest BCUT2D eigenvalue weighted by molar-refractivity contribution is 7.15. The molecule has 6 nitrogen and oxygen atoms in total. The number of ether oxygens (including phenoxy) is 1. The molecule has 1 N–H and O–H groups in total. The molecule has 20 heavy (non-hydrogen) atoms. The molecule has 0 aliphatic rings. The van der Waals surface area contributed by atoms with E-state index in [4.69, 9.17) is 16.3 Å². The highest BCUT2D eigenvalue weighted by Crippen LogP contribution is 2.22. The lowest BCUT2D eigenvalue weighted by molar-refractivity contribution is -0.143. The average Bonchev–Trinajstić information content (AvgIpc) is 2.95. The van der Waals surface area contributed by atoms with Gasteiger partial charge in [0.2, 0.25) is 5.91 Å². The fourth-order valence-electron chi connectivity index (χ4n) is 1.51. The van der Waals surface area contributed by atoms with Crippen molar-refractivity contribution in [2.75, 3.05) is 13.2 Å². The Hall–Kier alpha value is -1.86. The lowest BCUT2D eigenvalue weighted by Crippen LogP contribution is -2.29. The van der Waals surface area contributed by atoms with Crippen molar-refractivity contribution in [3.05, 3.63) is 28.5 Å². The van der Waals surface area contributed by atoms with Crippen LogP contribution in [0, 0.1) is 0 Å². The van der Waals surface area contributed by atoms with Crippen LogP contribution in [0.3, 0.4) is 0 Å². The molecule has 1 amide bonds. The van der Waals surface area contributed by atoms with E-state index in [1.807, 2.05) is 11.6 Å². The number of nitrogens with zero attached hydrogens (tertiary/aromatic N) is 2. The highest BCUT2D eigenvalue weighted by atomic mass is 35.5. The molecule has 2 aromatic heterocycles. The summed E-state index contributed by atoms with van der Waals surface area (Å²) in [4.78, 5) is 27.5. The summed E-state index contributed by atoms with van der Waals surface area (Å²) in [6.45, 7) is 1.82. The average molecular weight is 314 g/mol. The second-order valence-electron chi connectivity index (χ2n) is 3.70. The SMILES string of the molecule is CCOC(=O)CNC(=O)/C=C/c1c(Cl)nc2sccn12. The summed E-state index contributed by atoms with van der Waals surface area (Å²) in [6.07, 6.45) is 4.66. The summed E-state index contributed by atoms with van der Waals surface area (Å²) >= 11 is 7.43. The summed E-state index contributed by atoms with van der Waals surface area (Å²) in [5.41, 5.74) is 0.620. The van der Waals surface area contributed by atoms with Crippen LogP contribution in [-0.4, -0.2) is 34.4 Å². The first kappa shape index (κ1) is 14.5. The number of hydrogen-bond acceptors (Lipinski definition) is 5. The Morgan fingerprint density at radius 1 is 1.60 bits per heavy atom. The van der Waals surface area contributed by atoms with Crippen molar-refractivity contribution >= 4 is 45.9 Å². The third-order valence-electron chi connectivity index (χ3n) is 2.36. The van der Waals surface area contributed by atoms with Gasteiger partial charge in [0, 0.05) is 17.7 Å². The van der Waals surface area contributed by atoms with Crippen molar-refractivity contribution in [3.63, 3.8) is 0 Å². The van der Waals surface area contributed by atoms with Gasteiger partial charge in [-0.1, -0.05) is 11.6 Å². The van der Waals surface area contributed by atoms with Crippen molar-refractivity contribution in [1.29, 1.82) is 0 Å². The van der Waals surface area contributed by atoms with Crippen LogP contribution in [-0.2, 0) is 14.3 Å². The fourth-order valence-corrected chi connectivity index (χ4v) is 2.52. The molecule has 0 fully saturated rings. The van der Waals surface area contributed by atoms with Gasteiger partial charge in [-0.3, -0.25) is 14.0 Å². The lowest BCUT2D eigenvalue weighted by atomic mass is 10.4. The maximum atomic E-state index is 11.6. The molecule has 0 atom stereocenters. The maximum absolute atomic E-state index is 11.6. The van der Waals surface area contributed by atoms with Crippen LogP contribution in [0.15, 0.2) is 17.7 Å². The second-order valence-corrected chi connectivity index (χ2v) is 4.93. The summed E-state index contributed by atoms with van der Waals surface area (Å²) < 4.78 is 6.48. The third kappa shape index (κ3) is 3.37. The summed E-state index contributed by atoms with van der Waals surface area (Å²) in [5, 5.41) is 4.62. The molecule has 0 radical (unpaired) electrons. The Bertz CT molecular complexity index is 662. The Labute approximate surface area is 124 Å². The predicted octanol–water partition coefficient (Wildman–Crippen LogP) is 1.74. The first-order valence-electron chi connectivity index (χ1n) is 5.84. The number of esters is 1. The molecule has 8 heteroatoms. The summed E-state index contributed by atoms with van der Waals surface area (Å²) in [5.74, 6) is -0.879. The van der Waals surface area contributed by atoms with E-state index in [0.717, 1.165) is 4.96 Å². The quantitative estimate of drug-likeness (QED) is 0.674. The molecule has 106 valence electrons. The zero-order chi connectivity index (χ0) is 14.5. The van der Waals surface area contributed by atoms with E-state index in [1.165, 1.54) is 17.4 Å². The monoisotopic (exact) mass is 313 g/mol. The number of carbonyl (C=O) groups is 2. The van der Waals surface area contributed by atoms with Gasteiger partial charge in [-0.2, -0.15) is 0 Å². The number of aromatic nitrogens is 2. The number of carbonyl (C=O) groups excluding carboxylic acids is 2. The number of imidazole rings is 1. The van der Waals surface area contributed by atoms with Gasteiger partial charge in [0.15, 0.2) is 10.1 Å². The van der Waals surface area contributed by atoms with Crippen molar-refractivity contribution < 1.29 is 14.3 Å². The van der Waals surface area contributed by atoms with Gasteiger partial charge in [-0.05, 0) is 13.0 Å². The molecule has 0 saturated carbocycles. The van der Waals surface area contributed by atoms with Crippen LogP contribution in [0.5, 0.6) is 0 Å². The number of thiazole rings is 1. The van der Waals surface area contributed by atoms with E-state index in [9.17, 15) is 9.59 Å². The first-order valence-corrected chi connectivity index (χ1v) is 7.10. The van der Waals surface area contributed by atoms with E-state index in [-0.39, 0.29) is 13.2 Å². The smallest absolute Gasteiger partial charge is 0.325 e. The molecule has 2 aromatic rings. The van der Waals surface area contributed by atoms with E-state index in [0.29, 0.717) is 10.8 Å². The zero-order valence-electron chi connectivity index (χ0n) is 10.6. The predicted molar refractivity (Wildman–Crippen MR) is 76.8 cm³/mol. The lowest BCUT2D eigenvalue weighted by Gasteiger charge is -2.01. The van der Waals surface area contributed by atoms with Gasteiger partial charge in [0.1, 0.15) is 6.54 Å². The number of hydrogen-bond donors (Lipinski definition) is 1. The Balaban J connectivity index is 1.98. The minimum absolute atomic E-state index is 0.162. The van der Waals surface area contributed by atoms with Crippen molar-refractivity contribution in [1.82, 2.24) is 14.7 Å². The molecule has 0 unspecified atom stereocenters. The van der Waals surface area contributed by atoms with Crippen LogP contribution >= 0.6 is 22.9 Å². The Morgan fingerprint density at radius 3 is 3.15 bits per heavy atom. The number of fused-ring (bicyclic) bond motifs is 1. The van der Waals surface area contributed by atoms with E-state index in [1.54, 1.807) is 17.4 Å². The van der Waals surface area contributed by atoms with E-state index >= 15 is 0 Å². The molecule has 2 heterocycles. The van der Waals surface area contributed by atoms with E-state index in [2.05, 4.69) is 10.3 Å². The molecule has 0 aliphatic heterocycles. The van der Waals surface area contributed by atoms with Gasteiger partial charge in [-0.15, -0.1) is 11.3 Å². The fraction of sp³-hybridized carbons (Fsp3) is 0.250. The number of nitrogens with one attached hydrogen (secondary N) is 1. The van der Waals surface area contributed by atoms with Crippen LogP contribution in [0.2, 0.25) is 5.15 Å². The molecular weight excluding hydrogens is 302 g/mol. The first-order chi connectivity index (χ1) is 9.61. The molecule has 0 spiro atoms. The molecule has 0 saturated heterocycles. The number of amides is 1. The minimum atomic E-state index is -0.475. The van der Waals surface area contributed by atoms with Gasteiger partial charge in [0.05, 0.1) is 12.3 Å². The van der Waals surface area contributed by atoms with Crippen molar-refractivity contribution in [2.45, 2.75) is 6.92 Å². The van der Waals surface area contributed by atoms with E-state index < -0.39 is 11.9 Å². The molecule has 0 aliphatic carbocycles. The van der Waals surface area contributed by atoms with Crippen molar-refractivity contribution in [3.8, 4) is 0 Å². The summed E-state index contributed by atoms with van der Waals surface area (Å²) in [7, 11) is 0. The van der Waals surface area contributed by atoms with Gasteiger partial charge < -0.3 is 10.1 Å². The number of rotatable bonds is 5. The largest absolute Gasteiger partial charge is 0.465 e. The highest BCUT2D eigenvalue weighted by Gasteiger charge is 2.09. The molecule has 2 rings (SSSR count). The van der Waals surface area contributed by atoms with Gasteiger partial charge >= 0.3 is 5.97 Å². The topological polar surface area (TPSA) is 72.7 Å². The molecular formula is C12H12ClN3O3S. The third-order valence-corrected chi connectivity index (χ3v) is 3.39. The van der Waals surface area contributed by atoms with Crippen LogP contribution in [0.4, 0.5) is 0 Å². The number of halogens is 1. The van der Waals surface area contributed by atoms with Crippen LogP contribution in [0.1, 0.15) is 12.6 Å². The second kappa shape index (κ2) is 6.53. The molecule has 0 aromatic carbocycles. The van der Waals surface area contributed by atoms with Crippen LogP contribution < -0.4 is 5.32 Å². The summed E-state index contributed by atoms with van der Waals surface area (Å²) in [6, 6.07) is 0. The van der Waals surface area contributed by atoms with Crippen LogP contribution in [0.25, 0.3) is 11.0 Å². The van der Waals surface area contributed by atoms with Gasteiger partial charge in [-0.25, -0.2) is 4.98 Å². The molecule has 0 bridgehead atoms. The Morgan fingerprint density at radius 2 is 2.40 bits per heavy atom. The normalized spacial score (nSPS) is 11.1.